The van der Waals surface area contributed by atoms with Gasteiger partial charge < -0.3 is 0 Å². The van der Waals surface area contributed by atoms with E-state index < -0.39 is 0 Å². The molecule has 0 aliphatic carbocycles. The van der Waals surface area contributed by atoms with Crippen molar-refractivity contribution >= 4 is 64.0 Å². The van der Waals surface area contributed by atoms with Crippen molar-refractivity contribution in [2.24, 2.45) is 0 Å². The summed E-state index contributed by atoms with van der Waals surface area (Å²) < 4.78 is 0. The van der Waals surface area contributed by atoms with Crippen LogP contribution in [0.2, 0.25) is 20.2 Å². The molecule has 0 fully saturated rings. The molecule has 0 amide bonds. The van der Waals surface area contributed by atoms with Crippen molar-refractivity contribution in [1.29, 1.82) is 0 Å². The number of nitrogens with zero attached hydrogens (tertiary/aromatic N) is 1. The van der Waals surface area contributed by atoms with Gasteiger partial charge in [0.15, 0.2) is 11.0 Å². The van der Waals surface area contributed by atoms with E-state index in [1.54, 1.807) is 0 Å². The Morgan fingerprint density at radius 2 is 1.50 bits per heavy atom. The fraction of sp³-hybridized carbons (Fsp3) is 0. The molecule has 0 aliphatic rings. The number of pyridine rings is 1. The zero-order valence-electron chi connectivity index (χ0n) is 5.34. The Morgan fingerprint density at radius 3 is 2.00 bits per heavy atom. The van der Waals surface area contributed by atoms with Crippen LogP contribution in [0, 0.1) is 0 Å². The highest BCUT2D eigenvalue weighted by Crippen LogP contribution is 2.38. The first kappa shape index (κ1) is 10.5. The summed E-state index contributed by atoms with van der Waals surface area (Å²) in [5, 5.41) is 0.427. The van der Waals surface area contributed by atoms with Crippen molar-refractivity contribution in [3.8, 4) is 0 Å². The predicted octanol–water partition coefficient (Wildman–Crippen LogP) is 4.26. The topological polar surface area (TPSA) is 24.9 Å². The number of anilines is 1. The molecular formula is C5HCl5N2. The quantitative estimate of drug-likeness (QED) is 0.607. The van der Waals surface area contributed by atoms with Crippen LogP contribution in [-0.2, 0) is 0 Å². The summed E-state index contributed by atoms with van der Waals surface area (Å²) in [4.78, 5) is 5.93. The van der Waals surface area contributed by atoms with Crippen molar-refractivity contribution in [3.63, 3.8) is 0 Å². The van der Waals surface area contributed by atoms with Gasteiger partial charge in [-0.25, -0.2) is 4.98 Å². The van der Waals surface area contributed by atoms with E-state index in [0.717, 1.165) is 0 Å². The van der Waals surface area contributed by atoms with Gasteiger partial charge >= 0.3 is 0 Å². The smallest absolute Gasteiger partial charge is 0.162 e. The fourth-order valence-electron chi connectivity index (χ4n) is 0.550. The van der Waals surface area contributed by atoms with Crippen LogP contribution in [0.15, 0.2) is 0 Å². The molecule has 0 unspecified atom stereocenters. The SMILES string of the molecule is ClNc1nc(Cl)c(Cl)c(Cl)c1Cl. The van der Waals surface area contributed by atoms with Gasteiger partial charge in [0.1, 0.15) is 5.02 Å². The maximum atomic E-state index is 5.69. The van der Waals surface area contributed by atoms with Crippen LogP contribution in [0.1, 0.15) is 0 Å². The summed E-state index contributed by atoms with van der Waals surface area (Å²) in [6.45, 7) is 0. The van der Waals surface area contributed by atoms with Crippen LogP contribution in [0.4, 0.5) is 5.82 Å². The summed E-state index contributed by atoms with van der Waals surface area (Å²) in [5.41, 5.74) is 0. The van der Waals surface area contributed by atoms with Gasteiger partial charge in [-0.2, -0.15) is 0 Å². The van der Waals surface area contributed by atoms with Crippen LogP contribution >= 0.6 is 58.2 Å². The second-order valence-corrected chi connectivity index (χ2v) is 3.47. The molecule has 1 rings (SSSR count). The summed E-state index contributed by atoms with van der Waals surface area (Å²) in [6.07, 6.45) is 0. The number of aromatic nitrogens is 1. The lowest BCUT2D eigenvalue weighted by Crippen LogP contribution is -1.90. The van der Waals surface area contributed by atoms with Crippen molar-refractivity contribution in [2.45, 2.75) is 0 Å². The Hall–Kier alpha value is 0.400. The minimum absolute atomic E-state index is 0.0502. The molecule has 0 radical (unpaired) electrons. The molecule has 0 spiro atoms. The van der Waals surface area contributed by atoms with E-state index >= 15 is 0 Å². The van der Waals surface area contributed by atoms with Crippen LogP contribution in [-0.4, -0.2) is 4.98 Å². The van der Waals surface area contributed by atoms with Gasteiger partial charge in [0, 0.05) is 11.8 Å². The van der Waals surface area contributed by atoms with Crippen LogP contribution < -0.4 is 4.84 Å². The zero-order valence-corrected chi connectivity index (χ0v) is 9.12. The fourth-order valence-corrected chi connectivity index (χ4v) is 1.51. The Bertz CT molecular complexity index is 313. The molecule has 0 atom stereocenters. The maximum Gasteiger partial charge on any atom is 0.162 e. The summed E-state index contributed by atoms with van der Waals surface area (Å²) in [6, 6.07) is 0. The first-order valence-electron chi connectivity index (χ1n) is 2.64. The third-order valence-corrected chi connectivity index (χ3v) is 2.93. The molecule has 1 heterocycles. The third-order valence-electron chi connectivity index (χ3n) is 1.07. The minimum Gasteiger partial charge on any atom is -0.281 e. The Kier molecular flexibility index (Phi) is 3.56. The third kappa shape index (κ3) is 1.83. The molecule has 1 N–H and O–H groups in total. The normalized spacial score (nSPS) is 10.1. The van der Waals surface area contributed by atoms with Gasteiger partial charge in [0.05, 0.1) is 10.0 Å². The summed E-state index contributed by atoms with van der Waals surface area (Å²) in [7, 11) is 0. The lowest BCUT2D eigenvalue weighted by molar-refractivity contribution is 1.33. The molecule has 0 saturated carbocycles. The standard InChI is InChI=1S/C5HCl5N2/c6-1-2(7)4(9)11-5(12-10)3(1)8/h(H,11,12). The highest BCUT2D eigenvalue weighted by atomic mass is 35.5. The zero-order chi connectivity index (χ0) is 9.30. The predicted molar refractivity (Wildman–Crippen MR) is 53.8 cm³/mol. The van der Waals surface area contributed by atoms with Crippen molar-refractivity contribution in [2.75, 3.05) is 4.84 Å². The Morgan fingerprint density at radius 1 is 0.917 bits per heavy atom. The van der Waals surface area contributed by atoms with Crippen molar-refractivity contribution in [3.05, 3.63) is 20.2 Å². The molecule has 0 bridgehead atoms. The number of hydrogen-bond acceptors (Lipinski definition) is 2. The number of hydrogen-bond donors (Lipinski definition) is 1. The molecule has 0 saturated heterocycles. The highest BCUT2D eigenvalue weighted by molar-refractivity contribution is 6.52. The Labute approximate surface area is 93.8 Å². The monoisotopic (exact) mass is 264 g/mol. The second kappa shape index (κ2) is 4.07. The molecule has 12 heavy (non-hydrogen) atoms. The van der Waals surface area contributed by atoms with Gasteiger partial charge in [-0.05, 0) is 0 Å². The van der Waals surface area contributed by atoms with E-state index in [4.69, 9.17) is 58.2 Å². The van der Waals surface area contributed by atoms with E-state index in [-0.39, 0.29) is 26.0 Å². The minimum atomic E-state index is 0.0502. The van der Waals surface area contributed by atoms with Gasteiger partial charge in [-0.15, -0.1) is 0 Å². The summed E-state index contributed by atoms with van der Waals surface area (Å²) in [5.74, 6) is 0.178. The van der Waals surface area contributed by atoms with E-state index in [9.17, 15) is 0 Å². The Balaban J connectivity index is 3.39. The number of rotatable bonds is 1. The van der Waals surface area contributed by atoms with E-state index in [0.29, 0.717) is 0 Å². The first-order chi connectivity index (χ1) is 5.57. The second-order valence-electron chi connectivity index (χ2n) is 1.79. The molecule has 66 valence electrons. The van der Waals surface area contributed by atoms with Crippen LogP contribution in [0.3, 0.4) is 0 Å². The molecule has 1 aromatic rings. The largest absolute Gasteiger partial charge is 0.281 e. The maximum absolute atomic E-state index is 5.69. The molecule has 2 nitrogen and oxygen atoms in total. The van der Waals surface area contributed by atoms with E-state index in [1.807, 2.05) is 0 Å². The van der Waals surface area contributed by atoms with Gasteiger partial charge in [0.25, 0.3) is 0 Å². The lowest BCUT2D eigenvalue weighted by Gasteiger charge is -2.04. The molecule has 1 aromatic heterocycles. The average Bonchev–Trinajstić information content (AvgIpc) is 2.08. The van der Waals surface area contributed by atoms with Crippen molar-refractivity contribution in [1.82, 2.24) is 4.98 Å². The van der Waals surface area contributed by atoms with Crippen molar-refractivity contribution < 1.29 is 0 Å². The first-order valence-corrected chi connectivity index (χ1v) is 4.53. The van der Waals surface area contributed by atoms with E-state index in [1.165, 1.54) is 0 Å². The summed E-state index contributed by atoms with van der Waals surface area (Å²) >= 11 is 27.9. The van der Waals surface area contributed by atoms with Gasteiger partial charge in [-0.1, -0.05) is 46.4 Å². The van der Waals surface area contributed by atoms with E-state index in [2.05, 4.69) is 9.82 Å². The molecule has 0 aliphatic heterocycles. The number of halogens is 5. The van der Waals surface area contributed by atoms with Gasteiger partial charge in [0.2, 0.25) is 0 Å². The molecule has 0 aromatic carbocycles. The average molecular weight is 266 g/mol. The van der Waals surface area contributed by atoms with Crippen LogP contribution in [0.5, 0.6) is 0 Å². The van der Waals surface area contributed by atoms with Crippen LogP contribution in [0.25, 0.3) is 0 Å². The van der Waals surface area contributed by atoms with Gasteiger partial charge in [-0.3, -0.25) is 4.84 Å². The number of nitrogens with one attached hydrogen (secondary N) is 1. The molecule has 7 heteroatoms. The highest BCUT2D eigenvalue weighted by Gasteiger charge is 2.13. The lowest BCUT2D eigenvalue weighted by atomic mass is 10.4. The molecular weight excluding hydrogens is 265 g/mol.